The predicted molar refractivity (Wildman–Crippen MR) is 271 cm³/mol. The van der Waals surface area contributed by atoms with E-state index in [1.165, 1.54) is 88.3 Å². The van der Waals surface area contributed by atoms with Crippen LogP contribution in [0.2, 0.25) is 0 Å². The van der Waals surface area contributed by atoms with Crippen LogP contribution in [-0.2, 0) is 5.41 Å². The summed E-state index contributed by atoms with van der Waals surface area (Å²) in [6, 6.07) is 87.1. The zero-order valence-corrected chi connectivity index (χ0v) is 35.4. The first kappa shape index (κ1) is 36.1. The van der Waals surface area contributed by atoms with Crippen molar-refractivity contribution in [2.24, 2.45) is 0 Å². The molecule has 0 bridgehead atoms. The summed E-state index contributed by atoms with van der Waals surface area (Å²) in [4.78, 5) is 2.48. The largest absolute Gasteiger partial charge is 0.456 e. The molecular weight excluding hydrogens is 787 g/mol. The molecule has 0 fully saturated rings. The topological polar surface area (TPSA) is 16.4 Å². The van der Waals surface area contributed by atoms with Crippen molar-refractivity contribution in [3.63, 3.8) is 0 Å². The second-order valence-electron chi connectivity index (χ2n) is 17.6. The van der Waals surface area contributed by atoms with Crippen LogP contribution in [0.3, 0.4) is 0 Å². The van der Waals surface area contributed by atoms with Crippen molar-refractivity contribution in [2.75, 3.05) is 4.90 Å². The zero-order valence-electron chi connectivity index (χ0n) is 35.4. The third-order valence-electron chi connectivity index (χ3n) is 14.2. The Hall–Kier alpha value is -8.46. The maximum absolute atomic E-state index is 6.55. The van der Waals surface area contributed by atoms with E-state index in [0.717, 1.165) is 39.0 Å². The van der Waals surface area contributed by atoms with Gasteiger partial charge in [0.05, 0.1) is 22.2 Å². The molecule has 65 heavy (non-hydrogen) atoms. The molecule has 2 nitrogen and oxygen atoms in total. The third kappa shape index (κ3) is 5.17. The van der Waals surface area contributed by atoms with Crippen LogP contribution in [0.5, 0.6) is 0 Å². The molecule has 0 radical (unpaired) electrons. The van der Waals surface area contributed by atoms with Gasteiger partial charge in [-0.3, -0.25) is 0 Å². The lowest BCUT2D eigenvalue weighted by Gasteiger charge is -2.32. The van der Waals surface area contributed by atoms with Crippen molar-refractivity contribution < 1.29 is 4.42 Å². The van der Waals surface area contributed by atoms with E-state index in [0.29, 0.717) is 0 Å². The van der Waals surface area contributed by atoms with Gasteiger partial charge in [0.25, 0.3) is 0 Å². The Labute approximate surface area is 376 Å². The normalized spacial score (nSPS) is 13.0. The van der Waals surface area contributed by atoms with Gasteiger partial charge in [-0.15, -0.1) is 0 Å². The van der Waals surface area contributed by atoms with Gasteiger partial charge in [-0.25, -0.2) is 0 Å². The molecule has 302 valence electrons. The minimum Gasteiger partial charge on any atom is -0.456 e. The van der Waals surface area contributed by atoms with Gasteiger partial charge in [-0.05, 0) is 137 Å². The summed E-state index contributed by atoms with van der Waals surface area (Å²) >= 11 is 0. The highest BCUT2D eigenvalue weighted by Gasteiger charge is 2.52. The Morgan fingerprint density at radius 2 is 0.800 bits per heavy atom. The summed E-state index contributed by atoms with van der Waals surface area (Å²) in [5.41, 5.74) is 19.8. The number of benzene rings is 11. The van der Waals surface area contributed by atoms with Gasteiger partial charge in [0.15, 0.2) is 0 Å². The molecule has 0 unspecified atom stereocenters. The third-order valence-corrected chi connectivity index (χ3v) is 14.2. The minimum absolute atomic E-state index is 0.453. The summed E-state index contributed by atoms with van der Waals surface area (Å²) in [6.45, 7) is 0. The highest BCUT2D eigenvalue weighted by atomic mass is 16.3. The smallest absolute Gasteiger partial charge is 0.137 e. The van der Waals surface area contributed by atoms with Crippen LogP contribution in [0.4, 0.5) is 17.1 Å². The van der Waals surface area contributed by atoms with E-state index in [9.17, 15) is 0 Å². The maximum atomic E-state index is 6.55. The van der Waals surface area contributed by atoms with E-state index in [2.05, 4.69) is 241 Å². The summed E-state index contributed by atoms with van der Waals surface area (Å²) < 4.78 is 6.55. The molecule has 0 atom stereocenters. The van der Waals surface area contributed by atoms with Crippen molar-refractivity contribution in [3.8, 4) is 44.5 Å². The molecule has 0 saturated carbocycles. The van der Waals surface area contributed by atoms with E-state index in [4.69, 9.17) is 4.42 Å². The molecule has 0 aliphatic heterocycles. The molecule has 0 saturated heterocycles. The van der Waals surface area contributed by atoms with Crippen molar-refractivity contribution in [1.82, 2.24) is 0 Å². The van der Waals surface area contributed by atoms with Crippen molar-refractivity contribution >= 4 is 60.5 Å². The molecule has 2 aliphatic rings. The number of fused-ring (bicyclic) bond motifs is 15. The van der Waals surface area contributed by atoms with E-state index in [-0.39, 0.29) is 0 Å². The quantitative estimate of drug-likeness (QED) is 0.172. The molecular formula is C63H39NO. The van der Waals surface area contributed by atoms with Crippen molar-refractivity contribution in [3.05, 3.63) is 259 Å². The molecule has 1 aromatic heterocycles. The summed E-state index contributed by atoms with van der Waals surface area (Å²) in [5.74, 6) is 0. The second kappa shape index (κ2) is 13.8. The maximum Gasteiger partial charge on any atom is 0.137 e. The molecule has 11 aromatic carbocycles. The summed E-state index contributed by atoms with van der Waals surface area (Å²) in [7, 11) is 0. The molecule has 2 heteroatoms. The highest BCUT2D eigenvalue weighted by molar-refractivity contribution is 6.14. The molecule has 14 rings (SSSR count). The predicted octanol–water partition coefficient (Wildman–Crippen LogP) is 17.0. The fraction of sp³-hybridized carbons (Fsp3) is 0.0159. The minimum atomic E-state index is -0.453. The van der Waals surface area contributed by atoms with E-state index < -0.39 is 5.41 Å². The number of nitrogens with zero attached hydrogens (tertiary/aromatic N) is 1. The highest BCUT2D eigenvalue weighted by Crippen LogP contribution is 2.65. The van der Waals surface area contributed by atoms with Gasteiger partial charge in [-0.2, -0.15) is 0 Å². The van der Waals surface area contributed by atoms with Gasteiger partial charge >= 0.3 is 0 Å². The van der Waals surface area contributed by atoms with Crippen molar-refractivity contribution in [2.45, 2.75) is 5.41 Å². The monoisotopic (exact) mass is 825 g/mol. The molecule has 2 aliphatic carbocycles. The molecule has 1 heterocycles. The van der Waals surface area contributed by atoms with Crippen LogP contribution in [0.15, 0.2) is 241 Å². The van der Waals surface area contributed by atoms with Gasteiger partial charge in [0.1, 0.15) is 11.2 Å². The van der Waals surface area contributed by atoms with E-state index >= 15 is 0 Å². The summed E-state index contributed by atoms with van der Waals surface area (Å²) in [6.07, 6.45) is 0. The number of hydrogen-bond donors (Lipinski definition) is 0. The van der Waals surface area contributed by atoms with Gasteiger partial charge in [0, 0.05) is 16.6 Å². The van der Waals surface area contributed by atoms with Crippen LogP contribution >= 0.6 is 0 Å². The first-order valence-corrected chi connectivity index (χ1v) is 22.5. The van der Waals surface area contributed by atoms with Crippen LogP contribution in [0, 0.1) is 0 Å². The second-order valence-corrected chi connectivity index (χ2v) is 17.6. The van der Waals surface area contributed by atoms with Gasteiger partial charge in [-0.1, -0.05) is 182 Å². The Morgan fingerprint density at radius 3 is 1.51 bits per heavy atom. The van der Waals surface area contributed by atoms with Crippen molar-refractivity contribution in [1.29, 1.82) is 0 Å². The van der Waals surface area contributed by atoms with Crippen LogP contribution in [0.25, 0.3) is 88.0 Å². The SMILES string of the molecule is c1ccc2c(c1)-c1ccccc1C21c2ccccc2-c2c(N(c3ccc(-c4ccc5cc(-c6ccc7ccccc7c6)ccc5c4)cc3)c3cccc4oc5ccccc5c34)cccc21. The lowest BCUT2D eigenvalue weighted by molar-refractivity contribution is 0.669. The molecule has 0 N–H and O–H groups in total. The van der Waals surface area contributed by atoms with E-state index in [1.54, 1.807) is 0 Å². The molecule has 0 amide bonds. The Bertz CT molecular complexity index is 3860. The number of para-hydroxylation sites is 1. The van der Waals surface area contributed by atoms with Crippen LogP contribution in [0.1, 0.15) is 22.3 Å². The number of rotatable bonds is 5. The van der Waals surface area contributed by atoms with Gasteiger partial charge < -0.3 is 9.32 Å². The van der Waals surface area contributed by atoms with E-state index in [1.807, 2.05) is 0 Å². The molecule has 12 aromatic rings. The fourth-order valence-corrected chi connectivity index (χ4v) is 11.4. The number of furan rings is 1. The first-order valence-electron chi connectivity index (χ1n) is 22.5. The lowest BCUT2D eigenvalue weighted by Crippen LogP contribution is -2.26. The van der Waals surface area contributed by atoms with Gasteiger partial charge in [0.2, 0.25) is 0 Å². The Morgan fingerprint density at radius 1 is 0.323 bits per heavy atom. The average molecular weight is 826 g/mol. The fourth-order valence-electron chi connectivity index (χ4n) is 11.4. The van der Waals surface area contributed by atoms with Crippen LogP contribution in [-0.4, -0.2) is 0 Å². The molecule has 1 spiro atoms. The summed E-state index contributed by atoms with van der Waals surface area (Å²) in [5, 5.41) is 7.16. The Kier molecular flexibility index (Phi) is 7.64. The number of hydrogen-bond acceptors (Lipinski definition) is 2. The standard InChI is InChI=1S/C63H39NO/c1-2-14-42-37-44(28-27-40(42)13-1)47-32-31-45-38-43(29-30-46(45)39-47)41-33-35-48(36-34-41)64(58-24-12-26-60-62(58)52-18-6-10-25-59(52)65-60)57-23-11-22-56-61(57)51-17-5-9-21-55(51)63(56)53-19-7-3-15-49(53)50-16-4-8-20-54(50)63/h1-39H. The lowest BCUT2D eigenvalue weighted by atomic mass is 9.70. The zero-order chi connectivity index (χ0) is 42.6. The average Bonchev–Trinajstić information content (AvgIpc) is 4.01. The number of anilines is 3. The Balaban J connectivity index is 0.941. The van der Waals surface area contributed by atoms with Crippen LogP contribution < -0.4 is 4.90 Å². The first-order chi connectivity index (χ1) is 32.2.